The van der Waals surface area contributed by atoms with Crippen molar-refractivity contribution >= 4 is 6.21 Å². The van der Waals surface area contributed by atoms with Gasteiger partial charge in [-0.2, -0.15) is 0 Å². The van der Waals surface area contributed by atoms with E-state index >= 15 is 0 Å². The van der Waals surface area contributed by atoms with E-state index in [1.807, 2.05) is 6.08 Å². The molecule has 1 rings (SSSR count). The summed E-state index contributed by atoms with van der Waals surface area (Å²) in [5.41, 5.74) is 0.0816. The van der Waals surface area contributed by atoms with Gasteiger partial charge in [0.05, 0.1) is 6.21 Å². The average Bonchev–Trinajstić information content (AvgIpc) is 1.65. The van der Waals surface area contributed by atoms with Gasteiger partial charge in [0.1, 0.15) is 6.26 Å². The Morgan fingerprint density at radius 3 is 2.50 bits per heavy atom. The first kappa shape index (κ1) is 5.35. The molecule has 0 bridgehead atoms. The monoisotopic (exact) mass is 111 g/mol. The van der Waals surface area contributed by atoms with Crippen LogP contribution in [-0.4, -0.2) is 6.21 Å². The van der Waals surface area contributed by atoms with E-state index in [1.54, 1.807) is 12.5 Å². The number of hydrogen-bond donors (Lipinski definition) is 0. The van der Waals surface area contributed by atoms with Crippen LogP contribution in [0.25, 0.3) is 0 Å². The fourth-order valence-electron chi connectivity index (χ4n) is 0.450. The minimum absolute atomic E-state index is 0.0816. The number of nitrogens with zero attached hydrogens (tertiary/aromatic N) is 1. The van der Waals surface area contributed by atoms with Crippen molar-refractivity contribution in [2.24, 2.45) is 10.6 Å². The zero-order valence-corrected chi connectivity index (χ0v) is 5.09. The molecule has 0 fully saturated rings. The van der Waals surface area contributed by atoms with Crippen molar-refractivity contribution in [3.8, 4) is 0 Å². The molecule has 0 radical (unpaired) electrons. The summed E-state index contributed by atoms with van der Waals surface area (Å²) in [4.78, 5) is 4.59. The molecular weight excluding hydrogens is 102 g/mol. The maximum absolute atomic E-state index is 4.59. The SMILES string of the molecule is CC1(C)C=CON=C1. The van der Waals surface area contributed by atoms with Crippen molar-refractivity contribution in [3.05, 3.63) is 12.3 Å². The Bertz CT molecular complexity index is 121. The summed E-state index contributed by atoms with van der Waals surface area (Å²) in [6.07, 6.45) is 5.33. The molecule has 0 aliphatic carbocycles. The highest BCUT2D eigenvalue weighted by atomic mass is 16.6. The Labute approximate surface area is 48.8 Å². The van der Waals surface area contributed by atoms with Crippen molar-refractivity contribution in [1.82, 2.24) is 0 Å². The van der Waals surface area contributed by atoms with Gasteiger partial charge in [-0.15, -0.1) is 0 Å². The highest BCUT2D eigenvalue weighted by molar-refractivity contribution is 5.67. The van der Waals surface area contributed by atoms with Gasteiger partial charge >= 0.3 is 0 Å². The molecule has 1 heterocycles. The largest absolute Gasteiger partial charge is 0.365 e. The summed E-state index contributed by atoms with van der Waals surface area (Å²) < 4.78 is 0. The lowest BCUT2D eigenvalue weighted by Crippen LogP contribution is -2.11. The van der Waals surface area contributed by atoms with Crippen LogP contribution >= 0.6 is 0 Å². The van der Waals surface area contributed by atoms with Crippen LogP contribution in [0.1, 0.15) is 13.8 Å². The van der Waals surface area contributed by atoms with Crippen molar-refractivity contribution in [1.29, 1.82) is 0 Å². The highest BCUT2D eigenvalue weighted by Gasteiger charge is 2.12. The molecule has 0 spiro atoms. The average molecular weight is 111 g/mol. The van der Waals surface area contributed by atoms with Gasteiger partial charge in [-0.1, -0.05) is 19.0 Å². The van der Waals surface area contributed by atoms with E-state index in [9.17, 15) is 0 Å². The third kappa shape index (κ3) is 1.09. The van der Waals surface area contributed by atoms with Gasteiger partial charge in [-0.3, -0.25) is 0 Å². The van der Waals surface area contributed by atoms with Crippen LogP contribution in [0, 0.1) is 5.41 Å². The Morgan fingerprint density at radius 2 is 2.25 bits per heavy atom. The fourth-order valence-corrected chi connectivity index (χ4v) is 0.450. The molecule has 44 valence electrons. The van der Waals surface area contributed by atoms with Crippen LogP contribution in [0.5, 0.6) is 0 Å². The summed E-state index contributed by atoms with van der Waals surface area (Å²) in [5.74, 6) is 0. The molecule has 0 aromatic heterocycles. The second kappa shape index (κ2) is 1.62. The number of allylic oxidation sites excluding steroid dienone is 1. The van der Waals surface area contributed by atoms with Crippen molar-refractivity contribution < 1.29 is 4.84 Å². The Hall–Kier alpha value is -0.790. The van der Waals surface area contributed by atoms with Crippen molar-refractivity contribution in [3.63, 3.8) is 0 Å². The van der Waals surface area contributed by atoms with Crippen LogP contribution in [0.15, 0.2) is 17.5 Å². The Balaban J connectivity index is 2.69. The van der Waals surface area contributed by atoms with Gasteiger partial charge in [0.25, 0.3) is 0 Å². The van der Waals surface area contributed by atoms with E-state index in [-0.39, 0.29) is 5.41 Å². The Morgan fingerprint density at radius 1 is 1.50 bits per heavy atom. The quantitative estimate of drug-likeness (QED) is 0.464. The van der Waals surface area contributed by atoms with E-state index in [2.05, 4.69) is 23.8 Å². The maximum Gasteiger partial charge on any atom is 0.119 e. The molecule has 0 saturated heterocycles. The molecule has 2 heteroatoms. The van der Waals surface area contributed by atoms with Gasteiger partial charge in [0, 0.05) is 5.41 Å². The van der Waals surface area contributed by atoms with Gasteiger partial charge in [0.2, 0.25) is 0 Å². The molecule has 1 aliphatic heterocycles. The molecule has 2 nitrogen and oxygen atoms in total. The summed E-state index contributed by atoms with van der Waals surface area (Å²) >= 11 is 0. The number of oxime groups is 1. The molecule has 0 unspecified atom stereocenters. The molecule has 8 heavy (non-hydrogen) atoms. The zero-order valence-electron chi connectivity index (χ0n) is 5.09. The predicted molar refractivity (Wildman–Crippen MR) is 32.5 cm³/mol. The van der Waals surface area contributed by atoms with Crippen LogP contribution in [0.2, 0.25) is 0 Å². The predicted octanol–water partition coefficient (Wildman–Crippen LogP) is 1.54. The van der Waals surface area contributed by atoms with E-state index < -0.39 is 0 Å². The van der Waals surface area contributed by atoms with Gasteiger partial charge < -0.3 is 4.84 Å². The van der Waals surface area contributed by atoms with E-state index in [0.29, 0.717) is 0 Å². The lowest BCUT2D eigenvalue weighted by molar-refractivity contribution is 0.254. The third-order valence-corrected chi connectivity index (χ3v) is 1.00. The molecule has 0 amide bonds. The second-order valence-corrected chi connectivity index (χ2v) is 2.46. The lowest BCUT2D eigenvalue weighted by Gasteiger charge is -2.14. The van der Waals surface area contributed by atoms with Crippen LogP contribution < -0.4 is 0 Å². The molecule has 0 N–H and O–H groups in total. The fraction of sp³-hybridized carbons (Fsp3) is 0.500. The summed E-state index contributed by atoms with van der Waals surface area (Å²) in [6, 6.07) is 0. The molecule has 0 saturated carbocycles. The highest BCUT2D eigenvalue weighted by Crippen LogP contribution is 2.16. The number of hydrogen-bond acceptors (Lipinski definition) is 2. The topological polar surface area (TPSA) is 21.6 Å². The first-order valence-corrected chi connectivity index (χ1v) is 2.59. The van der Waals surface area contributed by atoms with Crippen molar-refractivity contribution in [2.75, 3.05) is 0 Å². The normalized spacial score (nSPS) is 22.8. The zero-order chi connectivity index (χ0) is 6.04. The number of rotatable bonds is 0. The van der Waals surface area contributed by atoms with Crippen LogP contribution in [0.3, 0.4) is 0 Å². The van der Waals surface area contributed by atoms with E-state index in [0.717, 1.165) is 0 Å². The minimum Gasteiger partial charge on any atom is -0.365 e. The van der Waals surface area contributed by atoms with E-state index in [1.165, 1.54) is 0 Å². The van der Waals surface area contributed by atoms with Gasteiger partial charge in [-0.05, 0) is 6.08 Å². The molecule has 0 aromatic carbocycles. The third-order valence-electron chi connectivity index (χ3n) is 1.00. The molecule has 0 atom stereocenters. The summed E-state index contributed by atoms with van der Waals surface area (Å²) in [7, 11) is 0. The molecular formula is C6H9NO. The summed E-state index contributed by atoms with van der Waals surface area (Å²) in [5, 5.41) is 3.62. The first-order valence-electron chi connectivity index (χ1n) is 2.59. The maximum atomic E-state index is 4.59. The Kier molecular flexibility index (Phi) is 1.08. The lowest BCUT2D eigenvalue weighted by atomic mass is 9.96. The first-order chi connectivity index (χ1) is 3.71. The van der Waals surface area contributed by atoms with E-state index in [4.69, 9.17) is 0 Å². The standard InChI is InChI=1S/C6H9NO/c1-6(2)3-4-8-7-5-6/h3-5H,1-2H3. The molecule has 0 aromatic rings. The van der Waals surface area contributed by atoms with Gasteiger partial charge in [-0.25, -0.2) is 0 Å². The summed E-state index contributed by atoms with van der Waals surface area (Å²) in [6.45, 7) is 4.13. The smallest absolute Gasteiger partial charge is 0.119 e. The molecule has 1 aliphatic rings. The van der Waals surface area contributed by atoms with Crippen LogP contribution in [0.4, 0.5) is 0 Å². The van der Waals surface area contributed by atoms with Crippen LogP contribution in [-0.2, 0) is 4.84 Å². The van der Waals surface area contributed by atoms with Crippen molar-refractivity contribution in [2.45, 2.75) is 13.8 Å². The van der Waals surface area contributed by atoms with Gasteiger partial charge in [0.15, 0.2) is 0 Å². The second-order valence-electron chi connectivity index (χ2n) is 2.46. The minimum atomic E-state index is 0.0816.